The highest BCUT2D eigenvalue weighted by Gasteiger charge is 2.23. The number of aromatic nitrogens is 4. The van der Waals surface area contributed by atoms with Gasteiger partial charge in [-0.25, -0.2) is 9.89 Å². The van der Waals surface area contributed by atoms with Crippen LogP contribution >= 0.6 is 0 Å². The van der Waals surface area contributed by atoms with Crippen molar-refractivity contribution in [1.29, 1.82) is 5.41 Å². The zero-order valence-electron chi connectivity index (χ0n) is 27.6. The Kier molecular flexibility index (Phi) is 12.5. The van der Waals surface area contributed by atoms with Crippen molar-refractivity contribution >= 4 is 23.7 Å². The smallest absolute Gasteiger partial charge is 0.413 e. The van der Waals surface area contributed by atoms with E-state index in [9.17, 15) is 14.4 Å². The lowest BCUT2D eigenvalue weighted by Gasteiger charge is -2.21. The van der Waals surface area contributed by atoms with Crippen molar-refractivity contribution in [3.63, 3.8) is 0 Å². The van der Waals surface area contributed by atoms with Crippen molar-refractivity contribution in [2.45, 2.75) is 51.5 Å². The van der Waals surface area contributed by atoms with Crippen LogP contribution in [-0.4, -0.2) is 56.5 Å². The quantitative estimate of drug-likeness (QED) is 0.0710. The molecule has 5 aromatic rings. The van der Waals surface area contributed by atoms with Crippen molar-refractivity contribution < 1.29 is 19.1 Å². The predicted molar refractivity (Wildman–Crippen MR) is 187 cm³/mol. The van der Waals surface area contributed by atoms with Crippen LogP contribution in [0.4, 0.5) is 4.79 Å². The van der Waals surface area contributed by atoms with Gasteiger partial charge in [0, 0.05) is 24.2 Å². The molecular formula is C37H39N9O4. The highest BCUT2D eigenvalue weighted by atomic mass is 16.5. The molecule has 2 atom stereocenters. The molecule has 0 radical (unpaired) electrons. The van der Waals surface area contributed by atoms with Gasteiger partial charge in [-0.15, -0.1) is 5.10 Å². The standard InChI is InChI=1S/C37H39N9O4/c1-25(35(47)40-23-28-12-17-30(18-13-28)33(38)42-37(49)50-24-29-10-6-3-7-11-29)41-36(48)32(21-16-26-8-4-2-5-9-26)39-22-27-14-19-31(20-15-27)34-43-45-46-44-34/h2-15,17-20,25,32,39H,16,21-24H2,1H3,(H,40,47)(H,41,48)(H2,38,42,49)(H,43,44,45,46)/t25-,32+/m0/s1. The first-order valence-electron chi connectivity index (χ1n) is 16.2. The van der Waals surface area contributed by atoms with Crippen molar-refractivity contribution in [1.82, 2.24) is 41.9 Å². The fourth-order valence-electron chi connectivity index (χ4n) is 5.03. The zero-order chi connectivity index (χ0) is 35.1. The maximum absolute atomic E-state index is 13.4. The number of aromatic amines is 1. The molecule has 4 aromatic carbocycles. The minimum Gasteiger partial charge on any atom is -0.444 e. The maximum Gasteiger partial charge on any atom is 0.413 e. The molecular weight excluding hydrogens is 634 g/mol. The number of ether oxygens (including phenoxy) is 1. The lowest BCUT2D eigenvalue weighted by atomic mass is 10.0. The molecule has 6 N–H and O–H groups in total. The summed E-state index contributed by atoms with van der Waals surface area (Å²) in [4.78, 5) is 38.5. The number of benzene rings is 4. The van der Waals surface area contributed by atoms with Crippen LogP contribution in [0.5, 0.6) is 0 Å². The molecule has 1 heterocycles. The third-order valence-electron chi connectivity index (χ3n) is 7.91. The van der Waals surface area contributed by atoms with Gasteiger partial charge >= 0.3 is 6.09 Å². The molecule has 0 unspecified atom stereocenters. The first-order chi connectivity index (χ1) is 24.3. The zero-order valence-corrected chi connectivity index (χ0v) is 27.6. The van der Waals surface area contributed by atoms with Crippen LogP contribution < -0.4 is 21.3 Å². The van der Waals surface area contributed by atoms with Crippen LogP contribution in [0.1, 0.15) is 41.2 Å². The monoisotopic (exact) mass is 673 g/mol. The lowest BCUT2D eigenvalue weighted by Crippen LogP contribution is -2.51. The summed E-state index contributed by atoms with van der Waals surface area (Å²) in [5.41, 5.74) is 5.05. The summed E-state index contributed by atoms with van der Waals surface area (Å²) in [6.45, 7) is 2.40. The van der Waals surface area contributed by atoms with E-state index in [1.807, 2.05) is 84.9 Å². The van der Waals surface area contributed by atoms with Gasteiger partial charge in [0.15, 0.2) is 5.82 Å². The number of tetrazole rings is 1. The summed E-state index contributed by atoms with van der Waals surface area (Å²) < 4.78 is 5.18. The van der Waals surface area contributed by atoms with Gasteiger partial charge in [-0.2, -0.15) is 0 Å². The molecule has 0 bridgehead atoms. The summed E-state index contributed by atoms with van der Waals surface area (Å²) in [6.07, 6.45) is 0.494. The minimum absolute atomic E-state index is 0.0984. The number of carbonyl (C=O) groups excluding carboxylic acids is 3. The number of amides is 3. The maximum atomic E-state index is 13.4. The van der Waals surface area contributed by atoms with Gasteiger partial charge in [-0.3, -0.25) is 20.3 Å². The van der Waals surface area contributed by atoms with E-state index in [2.05, 4.69) is 41.9 Å². The number of nitrogens with zero attached hydrogens (tertiary/aromatic N) is 3. The summed E-state index contributed by atoms with van der Waals surface area (Å²) >= 11 is 0. The Labute approximate surface area is 289 Å². The number of hydrogen-bond donors (Lipinski definition) is 6. The highest BCUT2D eigenvalue weighted by molar-refractivity contribution is 6.04. The van der Waals surface area contributed by atoms with E-state index in [1.54, 1.807) is 31.2 Å². The third-order valence-corrected chi connectivity index (χ3v) is 7.91. The second kappa shape index (κ2) is 17.8. The molecule has 0 aliphatic rings. The summed E-state index contributed by atoms with van der Waals surface area (Å²) in [6, 6.07) is 32.4. The topological polar surface area (TPSA) is 187 Å². The van der Waals surface area contributed by atoms with Gasteiger partial charge in [0.2, 0.25) is 11.8 Å². The summed E-state index contributed by atoms with van der Waals surface area (Å²) in [5.74, 6) is -0.144. The molecule has 0 saturated heterocycles. The van der Waals surface area contributed by atoms with Crippen LogP contribution in [0.2, 0.25) is 0 Å². The summed E-state index contributed by atoms with van der Waals surface area (Å²) in [7, 11) is 0. The van der Waals surface area contributed by atoms with Crippen LogP contribution in [0.25, 0.3) is 11.4 Å². The third kappa shape index (κ3) is 10.7. The molecule has 3 amide bonds. The largest absolute Gasteiger partial charge is 0.444 e. The van der Waals surface area contributed by atoms with E-state index in [1.165, 1.54) is 0 Å². The van der Waals surface area contributed by atoms with Crippen molar-refractivity contribution in [3.05, 3.63) is 137 Å². The van der Waals surface area contributed by atoms with E-state index in [-0.39, 0.29) is 30.8 Å². The van der Waals surface area contributed by atoms with Crippen molar-refractivity contribution in [3.8, 4) is 11.4 Å². The Morgan fingerprint density at radius 3 is 2.08 bits per heavy atom. The minimum atomic E-state index is -0.781. The number of rotatable bonds is 15. The first kappa shape index (κ1) is 35.1. The molecule has 0 aliphatic carbocycles. The molecule has 0 fully saturated rings. The number of aryl methyl sites for hydroxylation is 1. The number of hydrogen-bond acceptors (Lipinski definition) is 9. The van der Waals surface area contributed by atoms with Crippen LogP contribution in [0.15, 0.2) is 109 Å². The Balaban J connectivity index is 1.09. The van der Waals surface area contributed by atoms with E-state index in [4.69, 9.17) is 10.1 Å². The molecule has 0 saturated carbocycles. The fraction of sp³-hybridized carbons (Fsp3) is 0.216. The number of carbonyl (C=O) groups is 3. The molecule has 0 aliphatic heterocycles. The Morgan fingerprint density at radius 1 is 0.780 bits per heavy atom. The average Bonchev–Trinajstić information content (AvgIpc) is 3.69. The van der Waals surface area contributed by atoms with Crippen LogP contribution in [0.3, 0.4) is 0 Å². The van der Waals surface area contributed by atoms with E-state index in [0.29, 0.717) is 30.8 Å². The van der Waals surface area contributed by atoms with Crippen molar-refractivity contribution in [2.24, 2.45) is 0 Å². The van der Waals surface area contributed by atoms with Gasteiger partial charge in [0.1, 0.15) is 18.5 Å². The average molecular weight is 674 g/mol. The van der Waals surface area contributed by atoms with Gasteiger partial charge in [0.25, 0.3) is 0 Å². The Bertz CT molecular complexity index is 1830. The van der Waals surface area contributed by atoms with E-state index >= 15 is 0 Å². The molecule has 0 spiro atoms. The molecule has 13 nitrogen and oxygen atoms in total. The van der Waals surface area contributed by atoms with E-state index < -0.39 is 18.2 Å². The van der Waals surface area contributed by atoms with Crippen LogP contribution in [0, 0.1) is 5.41 Å². The van der Waals surface area contributed by atoms with Crippen molar-refractivity contribution in [2.75, 3.05) is 0 Å². The Morgan fingerprint density at radius 2 is 1.42 bits per heavy atom. The van der Waals surface area contributed by atoms with Gasteiger partial charge in [0.05, 0.1) is 6.04 Å². The normalized spacial score (nSPS) is 11.9. The van der Waals surface area contributed by atoms with E-state index in [0.717, 1.165) is 27.8 Å². The second-order valence-corrected chi connectivity index (χ2v) is 11.6. The highest BCUT2D eigenvalue weighted by Crippen LogP contribution is 2.15. The molecule has 13 heteroatoms. The summed E-state index contributed by atoms with van der Waals surface area (Å²) in [5, 5.41) is 33.6. The number of alkyl carbamates (subject to hydrolysis) is 1. The second-order valence-electron chi connectivity index (χ2n) is 11.6. The van der Waals surface area contributed by atoms with Gasteiger partial charge in [-0.1, -0.05) is 109 Å². The van der Waals surface area contributed by atoms with Gasteiger partial charge in [-0.05, 0) is 52.4 Å². The van der Waals surface area contributed by atoms with Gasteiger partial charge < -0.3 is 20.7 Å². The molecule has 5 rings (SSSR count). The number of nitrogens with one attached hydrogen (secondary N) is 6. The molecule has 1 aromatic heterocycles. The number of H-pyrrole nitrogens is 1. The molecule has 256 valence electrons. The lowest BCUT2D eigenvalue weighted by molar-refractivity contribution is -0.129. The SMILES string of the molecule is C[C@H](NC(=O)[C@@H](CCc1ccccc1)NCc1ccc(-c2nnn[nH]2)cc1)C(=O)NCc1ccc(C(=N)NC(=O)OCc2ccccc2)cc1. The van der Waals surface area contributed by atoms with Crippen LogP contribution in [-0.2, 0) is 40.4 Å². The Hall–Kier alpha value is -6.21. The fourth-order valence-corrected chi connectivity index (χ4v) is 5.03. The molecule has 50 heavy (non-hydrogen) atoms. The first-order valence-corrected chi connectivity index (χ1v) is 16.2. The number of amidine groups is 1. The predicted octanol–water partition coefficient (Wildman–Crippen LogP) is 4.03.